The molecule has 2 aromatic rings. The summed E-state index contributed by atoms with van der Waals surface area (Å²) >= 11 is 1.40. The van der Waals surface area contributed by atoms with Crippen LogP contribution in [0.15, 0.2) is 35.9 Å². The van der Waals surface area contributed by atoms with Crippen LogP contribution in [-0.4, -0.2) is 37.5 Å². The van der Waals surface area contributed by atoms with Crippen LogP contribution in [0.4, 0.5) is 0 Å². The second kappa shape index (κ2) is 7.40. The maximum Gasteiger partial charge on any atom is 0.230 e. The van der Waals surface area contributed by atoms with E-state index in [0.717, 1.165) is 12.8 Å². The van der Waals surface area contributed by atoms with Gasteiger partial charge in [-0.2, -0.15) is 5.10 Å². The summed E-state index contributed by atoms with van der Waals surface area (Å²) in [7, 11) is 0. The van der Waals surface area contributed by atoms with Crippen molar-refractivity contribution >= 4 is 17.7 Å². The maximum atomic E-state index is 12.1. The number of hydrogen-bond acceptors (Lipinski definition) is 5. The van der Waals surface area contributed by atoms with Gasteiger partial charge in [-0.05, 0) is 18.9 Å². The van der Waals surface area contributed by atoms with E-state index >= 15 is 0 Å². The Hall–Kier alpha value is -1.89. The van der Waals surface area contributed by atoms with Crippen molar-refractivity contribution in [3.05, 3.63) is 30.9 Å². The molecule has 0 aromatic carbocycles. The highest BCUT2D eigenvalue weighted by molar-refractivity contribution is 8.00. The largest absolute Gasteiger partial charge is 0.353 e. The van der Waals surface area contributed by atoms with Crippen molar-refractivity contribution in [1.29, 1.82) is 0 Å². The molecule has 6 nitrogen and oxygen atoms in total. The van der Waals surface area contributed by atoms with E-state index in [1.54, 1.807) is 23.3 Å². The summed E-state index contributed by atoms with van der Waals surface area (Å²) in [6, 6.07) is 2.17. The highest BCUT2D eigenvalue weighted by atomic mass is 32.2. The average molecular weight is 317 g/mol. The van der Waals surface area contributed by atoms with Crippen molar-refractivity contribution < 1.29 is 4.79 Å². The quantitative estimate of drug-likeness (QED) is 0.856. The summed E-state index contributed by atoms with van der Waals surface area (Å²) in [5.41, 5.74) is 0. The van der Waals surface area contributed by atoms with Crippen LogP contribution in [0.1, 0.15) is 32.1 Å². The molecular formula is C15H19N5OS. The normalized spacial score (nSPS) is 15.6. The van der Waals surface area contributed by atoms with Gasteiger partial charge in [-0.25, -0.2) is 14.6 Å². The van der Waals surface area contributed by atoms with Crippen molar-refractivity contribution in [2.75, 3.05) is 5.75 Å². The molecule has 116 valence electrons. The molecule has 0 atom stereocenters. The Labute approximate surface area is 133 Å². The number of nitrogens with zero attached hydrogens (tertiary/aromatic N) is 4. The van der Waals surface area contributed by atoms with Gasteiger partial charge in [0, 0.05) is 30.8 Å². The van der Waals surface area contributed by atoms with Gasteiger partial charge in [0.1, 0.15) is 5.03 Å². The summed E-state index contributed by atoms with van der Waals surface area (Å²) in [5, 5.41) is 7.99. The molecule has 1 N–H and O–H groups in total. The summed E-state index contributed by atoms with van der Waals surface area (Å²) in [6.45, 7) is 0. The molecular weight excluding hydrogens is 298 g/mol. The Kier molecular flexibility index (Phi) is 5.05. The third kappa shape index (κ3) is 3.85. The molecule has 2 aromatic heterocycles. The number of hydrogen-bond donors (Lipinski definition) is 1. The zero-order valence-corrected chi connectivity index (χ0v) is 13.1. The van der Waals surface area contributed by atoms with Crippen LogP contribution in [0.2, 0.25) is 0 Å². The standard InChI is InChI=1S/C15H19N5OS/c21-13(19-12-5-2-1-3-6-12)11-22-15-14(16-8-9-17-15)20-10-4-7-18-20/h4,7-10,12H,1-3,5-6,11H2,(H,19,21). The Morgan fingerprint density at radius 3 is 2.82 bits per heavy atom. The zero-order valence-electron chi connectivity index (χ0n) is 12.3. The first-order valence-electron chi connectivity index (χ1n) is 7.56. The van der Waals surface area contributed by atoms with Crippen LogP contribution < -0.4 is 5.32 Å². The molecule has 1 aliphatic carbocycles. The van der Waals surface area contributed by atoms with Crippen LogP contribution in [0.25, 0.3) is 5.82 Å². The molecule has 22 heavy (non-hydrogen) atoms. The summed E-state index contributed by atoms with van der Waals surface area (Å²) < 4.78 is 1.66. The van der Waals surface area contributed by atoms with Crippen molar-refractivity contribution in [2.24, 2.45) is 0 Å². The lowest BCUT2D eigenvalue weighted by molar-refractivity contribution is -0.119. The predicted molar refractivity (Wildman–Crippen MR) is 84.9 cm³/mol. The maximum absolute atomic E-state index is 12.1. The number of amides is 1. The summed E-state index contributed by atoms with van der Waals surface area (Å²) in [5.74, 6) is 1.07. The van der Waals surface area contributed by atoms with E-state index in [9.17, 15) is 4.79 Å². The van der Waals surface area contributed by atoms with Gasteiger partial charge < -0.3 is 5.32 Å². The summed E-state index contributed by atoms with van der Waals surface area (Å²) in [6.07, 6.45) is 12.7. The molecule has 0 bridgehead atoms. The Morgan fingerprint density at radius 2 is 2.05 bits per heavy atom. The zero-order chi connectivity index (χ0) is 15.2. The molecule has 2 heterocycles. The molecule has 0 unspecified atom stereocenters. The Bertz CT molecular complexity index is 610. The SMILES string of the molecule is O=C(CSc1nccnc1-n1cccn1)NC1CCCCC1. The van der Waals surface area contributed by atoms with Crippen LogP contribution in [0, 0.1) is 0 Å². The lowest BCUT2D eigenvalue weighted by Crippen LogP contribution is -2.37. The fourth-order valence-electron chi connectivity index (χ4n) is 2.62. The average Bonchev–Trinajstić information content (AvgIpc) is 3.08. The van der Waals surface area contributed by atoms with Gasteiger partial charge in [0.25, 0.3) is 0 Å². The fourth-order valence-corrected chi connectivity index (χ4v) is 3.38. The van der Waals surface area contributed by atoms with Crippen LogP contribution in [0.3, 0.4) is 0 Å². The van der Waals surface area contributed by atoms with Crippen LogP contribution in [0.5, 0.6) is 0 Å². The summed E-state index contributed by atoms with van der Waals surface area (Å²) in [4.78, 5) is 20.7. The van der Waals surface area contributed by atoms with Gasteiger partial charge in [-0.3, -0.25) is 4.79 Å². The van der Waals surface area contributed by atoms with Gasteiger partial charge in [0.15, 0.2) is 5.82 Å². The predicted octanol–water partition coefficient (Wildman–Crippen LogP) is 2.20. The van der Waals surface area contributed by atoms with E-state index in [1.165, 1.54) is 31.0 Å². The van der Waals surface area contributed by atoms with E-state index in [-0.39, 0.29) is 5.91 Å². The highest BCUT2D eigenvalue weighted by Crippen LogP contribution is 2.21. The minimum absolute atomic E-state index is 0.0639. The third-order valence-corrected chi connectivity index (χ3v) is 4.65. The molecule has 1 amide bonds. The van der Waals surface area contributed by atoms with Gasteiger partial charge in [0.05, 0.1) is 5.75 Å². The lowest BCUT2D eigenvalue weighted by Gasteiger charge is -2.22. The van der Waals surface area contributed by atoms with Gasteiger partial charge in [0.2, 0.25) is 5.91 Å². The molecule has 0 spiro atoms. The molecule has 1 saturated carbocycles. The van der Waals surface area contributed by atoms with E-state index < -0.39 is 0 Å². The van der Waals surface area contributed by atoms with Crippen molar-refractivity contribution in [1.82, 2.24) is 25.1 Å². The highest BCUT2D eigenvalue weighted by Gasteiger charge is 2.16. The fraction of sp³-hybridized carbons (Fsp3) is 0.467. The second-order valence-corrected chi connectivity index (χ2v) is 6.29. The van der Waals surface area contributed by atoms with E-state index in [2.05, 4.69) is 20.4 Å². The number of thioether (sulfide) groups is 1. The number of nitrogens with one attached hydrogen (secondary N) is 1. The number of carbonyl (C=O) groups is 1. The minimum atomic E-state index is 0.0639. The number of rotatable bonds is 5. The molecule has 7 heteroatoms. The van der Waals surface area contributed by atoms with Crippen molar-refractivity contribution in [3.8, 4) is 5.82 Å². The van der Waals surface area contributed by atoms with E-state index in [0.29, 0.717) is 22.6 Å². The molecule has 1 fully saturated rings. The minimum Gasteiger partial charge on any atom is -0.353 e. The molecule has 1 aliphatic rings. The van der Waals surface area contributed by atoms with Gasteiger partial charge in [-0.1, -0.05) is 31.0 Å². The molecule has 3 rings (SSSR count). The molecule has 0 saturated heterocycles. The first-order valence-corrected chi connectivity index (χ1v) is 8.54. The van der Waals surface area contributed by atoms with E-state index in [1.807, 2.05) is 12.3 Å². The number of carbonyl (C=O) groups excluding carboxylic acids is 1. The first kappa shape index (κ1) is 15.0. The third-order valence-electron chi connectivity index (χ3n) is 3.68. The second-order valence-electron chi connectivity index (χ2n) is 5.33. The van der Waals surface area contributed by atoms with Crippen LogP contribution >= 0.6 is 11.8 Å². The first-order chi connectivity index (χ1) is 10.8. The van der Waals surface area contributed by atoms with Crippen LogP contribution in [-0.2, 0) is 4.79 Å². The van der Waals surface area contributed by atoms with Gasteiger partial charge in [-0.15, -0.1) is 0 Å². The van der Waals surface area contributed by atoms with Crippen molar-refractivity contribution in [2.45, 2.75) is 43.2 Å². The lowest BCUT2D eigenvalue weighted by atomic mass is 9.95. The topological polar surface area (TPSA) is 72.7 Å². The van der Waals surface area contributed by atoms with E-state index in [4.69, 9.17) is 0 Å². The number of aromatic nitrogens is 4. The molecule has 0 radical (unpaired) electrons. The Balaban J connectivity index is 1.58. The Morgan fingerprint density at radius 1 is 1.23 bits per heavy atom. The molecule has 0 aliphatic heterocycles. The smallest absolute Gasteiger partial charge is 0.230 e. The monoisotopic (exact) mass is 317 g/mol. The van der Waals surface area contributed by atoms with Crippen molar-refractivity contribution in [3.63, 3.8) is 0 Å². The van der Waals surface area contributed by atoms with Gasteiger partial charge >= 0.3 is 0 Å².